The molecule has 4 rings (SSSR count). The number of anilines is 2. The number of nitrogens with zero attached hydrogens (tertiary/aromatic N) is 2. The first-order valence-corrected chi connectivity index (χ1v) is 12.6. The number of carbonyl (C=O) groups is 1. The number of methoxy groups -OCH3 is 1. The largest absolute Gasteiger partial charge is 0.488 e. The molecule has 0 spiro atoms. The molecule has 1 amide bonds. The van der Waals surface area contributed by atoms with Crippen molar-refractivity contribution in [3.63, 3.8) is 0 Å². The molecule has 2 N–H and O–H groups in total. The smallest absolute Gasteiger partial charge is 0.261 e. The van der Waals surface area contributed by atoms with Crippen LogP contribution >= 0.6 is 11.3 Å². The van der Waals surface area contributed by atoms with Crippen LogP contribution in [0.4, 0.5) is 15.9 Å². The maximum absolute atomic E-state index is 14.1. The summed E-state index contributed by atoms with van der Waals surface area (Å²) < 4.78 is 25.7. The van der Waals surface area contributed by atoms with Gasteiger partial charge in [0.15, 0.2) is 0 Å². The highest BCUT2D eigenvalue weighted by Crippen LogP contribution is 2.37. The van der Waals surface area contributed by atoms with Crippen molar-refractivity contribution >= 4 is 39.0 Å². The van der Waals surface area contributed by atoms with Gasteiger partial charge in [-0.15, -0.1) is 11.3 Å². The van der Waals surface area contributed by atoms with Crippen LogP contribution in [0, 0.1) is 12.7 Å². The van der Waals surface area contributed by atoms with Crippen LogP contribution in [0.15, 0.2) is 24.5 Å². The SMILES string of the molecule is CCCCNC(=O)c1sc2ncnc(Nc3ccc(F)cc3OC3CCC(OC)CC3)c2c1C. The molecule has 1 aromatic carbocycles. The van der Waals surface area contributed by atoms with Gasteiger partial charge in [0.2, 0.25) is 0 Å². The van der Waals surface area contributed by atoms with Gasteiger partial charge in [-0.1, -0.05) is 13.3 Å². The first-order chi connectivity index (χ1) is 16.5. The minimum Gasteiger partial charge on any atom is -0.488 e. The predicted molar refractivity (Wildman–Crippen MR) is 133 cm³/mol. The van der Waals surface area contributed by atoms with Gasteiger partial charge in [0, 0.05) is 19.7 Å². The van der Waals surface area contributed by atoms with Crippen molar-refractivity contribution < 1.29 is 18.7 Å². The highest BCUT2D eigenvalue weighted by molar-refractivity contribution is 7.20. The molecule has 1 aliphatic rings. The number of aromatic nitrogens is 2. The fourth-order valence-electron chi connectivity index (χ4n) is 4.23. The van der Waals surface area contributed by atoms with Gasteiger partial charge in [0.1, 0.15) is 28.5 Å². The molecule has 1 fully saturated rings. The maximum atomic E-state index is 14.1. The number of halogens is 1. The van der Waals surface area contributed by atoms with Crippen LogP contribution in [0.1, 0.15) is 60.7 Å². The Hall–Kier alpha value is -2.78. The molecule has 1 saturated carbocycles. The number of thiophene rings is 1. The summed E-state index contributed by atoms with van der Waals surface area (Å²) in [6.07, 6.45) is 7.22. The van der Waals surface area contributed by atoms with Crippen LogP contribution in [0.5, 0.6) is 5.75 Å². The minimum atomic E-state index is -0.364. The zero-order valence-electron chi connectivity index (χ0n) is 19.8. The fourth-order valence-corrected chi connectivity index (χ4v) is 5.30. The molecular formula is C25H31FN4O3S. The molecule has 2 aromatic heterocycles. The monoisotopic (exact) mass is 486 g/mol. The van der Waals surface area contributed by atoms with E-state index in [1.807, 2.05) is 6.92 Å². The fraction of sp³-hybridized carbons (Fsp3) is 0.480. The molecule has 0 atom stereocenters. The van der Waals surface area contributed by atoms with Gasteiger partial charge >= 0.3 is 0 Å². The van der Waals surface area contributed by atoms with E-state index in [9.17, 15) is 9.18 Å². The number of benzene rings is 1. The molecule has 7 nitrogen and oxygen atoms in total. The Labute approximate surface area is 203 Å². The first-order valence-electron chi connectivity index (χ1n) is 11.8. The summed E-state index contributed by atoms with van der Waals surface area (Å²) in [5, 5.41) is 7.06. The molecule has 9 heteroatoms. The lowest BCUT2D eigenvalue weighted by molar-refractivity contribution is 0.0329. The van der Waals surface area contributed by atoms with E-state index in [0.717, 1.165) is 54.3 Å². The van der Waals surface area contributed by atoms with E-state index in [4.69, 9.17) is 9.47 Å². The van der Waals surface area contributed by atoms with Crippen molar-refractivity contribution in [1.29, 1.82) is 0 Å². The molecule has 0 bridgehead atoms. The highest BCUT2D eigenvalue weighted by Gasteiger charge is 2.24. The number of aryl methyl sites for hydroxylation is 1. The highest BCUT2D eigenvalue weighted by atomic mass is 32.1. The number of unbranched alkanes of at least 4 members (excludes halogenated alkanes) is 1. The average molecular weight is 487 g/mol. The molecule has 182 valence electrons. The van der Waals surface area contributed by atoms with E-state index in [0.29, 0.717) is 28.7 Å². The second-order valence-electron chi connectivity index (χ2n) is 8.59. The van der Waals surface area contributed by atoms with Crippen molar-refractivity contribution in [2.75, 3.05) is 19.0 Å². The third-order valence-electron chi connectivity index (χ3n) is 6.19. The summed E-state index contributed by atoms with van der Waals surface area (Å²) in [6.45, 7) is 4.63. The normalized spacial score (nSPS) is 18.1. The Balaban J connectivity index is 1.58. The van der Waals surface area contributed by atoms with Gasteiger partial charge in [-0.05, 0) is 56.7 Å². The number of rotatable bonds is 9. The molecule has 34 heavy (non-hydrogen) atoms. The number of amides is 1. The summed E-state index contributed by atoms with van der Waals surface area (Å²) in [5.74, 6) is 0.540. The maximum Gasteiger partial charge on any atom is 0.261 e. The van der Waals surface area contributed by atoms with Crippen LogP contribution < -0.4 is 15.4 Å². The van der Waals surface area contributed by atoms with E-state index in [1.54, 1.807) is 13.2 Å². The molecule has 0 unspecified atom stereocenters. The quantitative estimate of drug-likeness (QED) is 0.375. The minimum absolute atomic E-state index is 0.000436. The third kappa shape index (κ3) is 5.47. The van der Waals surface area contributed by atoms with Crippen LogP contribution in [0.2, 0.25) is 0 Å². The molecular weight excluding hydrogens is 455 g/mol. The second kappa shape index (κ2) is 11.1. The van der Waals surface area contributed by atoms with Crippen molar-refractivity contribution in [1.82, 2.24) is 15.3 Å². The Morgan fingerprint density at radius 1 is 1.21 bits per heavy atom. The molecule has 3 aromatic rings. The number of hydrogen-bond donors (Lipinski definition) is 2. The summed E-state index contributed by atoms with van der Waals surface area (Å²) >= 11 is 1.35. The summed E-state index contributed by atoms with van der Waals surface area (Å²) in [6, 6.07) is 4.44. The van der Waals surface area contributed by atoms with Crippen LogP contribution in [-0.4, -0.2) is 41.7 Å². The van der Waals surface area contributed by atoms with Crippen molar-refractivity contribution in [2.24, 2.45) is 0 Å². The van der Waals surface area contributed by atoms with Crippen LogP contribution in [-0.2, 0) is 4.74 Å². The van der Waals surface area contributed by atoms with E-state index in [2.05, 4.69) is 27.5 Å². The molecule has 2 heterocycles. The predicted octanol–water partition coefficient (Wildman–Crippen LogP) is 5.75. The molecule has 1 aliphatic carbocycles. The van der Waals surface area contributed by atoms with Gasteiger partial charge in [-0.25, -0.2) is 14.4 Å². The lowest BCUT2D eigenvalue weighted by atomic mass is 9.95. The van der Waals surface area contributed by atoms with Gasteiger partial charge in [-0.2, -0.15) is 0 Å². The van der Waals surface area contributed by atoms with Crippen molar-refractivity contribution in [3.05, 3.63) is 40.8 Å². The zero-order chi connectivity index (χ0) is 24.1. The standard InChI is InChI=1S/C25H31FN4O3S/c1-4-5-12-27-24(31)22-15(2)21-23(28-14-29-25(21)34-22)30-19-11-6-16(26)13-20(19)33-18-9-7-17(32-3)8-10-18/h6,11,13-14,17-18H,4-5,7-10,12H2,1-3H3,(H,27,31)(H,28,29,30). The number of nitrogens with one attached hydrogen (secondary N) is 2. The topological polar surface area (TPSA) is 85.4 Å². The van der Waals surface area contributed by atoms with Gasteiger partial charge in [0.05, 0.1) is 28.2 Å². The van der Waals surface area contributed by atoms with Crippen molar-refractivity contribution in [2.45, 2.75) is 64.6 Å². The van der Waals surface area contributed by atoms with Crippen LogP contribution in [0.3, 0.4) is 0 Å². The summed E-state index contributed by atoms with van der Waals surface area (Å²) in [4.78, 5) is 22.8. The average Bonchev–Trinajstić information content (AvgIpc) is 3.19. The van der Waals surface area contributed by atoms with E-state index >= 15 is 0 Å². The van der Waals surface area contributed by atoms with Crippen LogP contribution in [0.25, 0.3) is 10.2 Å². The Morgan fingerprint density at radius 2 is 1.97 bits per heavy atom. The van der Waals surface area contributed by atoms with E-state index in [1.165, 1.54) is 29.8 Å². The van der Waals surface area contributed by atoms with Gasteiger partial charge < -0.3 is 20.1 Å². The van der Waals surface area contributed by atoms with Gasteiger partial charge in [-0.3, -0.25) is 4.79 Å². The lowest BCUT2D eigenvalue weighted by Crippen LogP contribution is -2.27. The second-order valence-corrected chi connectivity index (χ2v) is 9.58. The summed E-state index contributed by atoms with van der Waals surface area (Å²) in [5.41, 5.74) is 1.44. The number of fused-ring (bicyclic) bond motifs is 1. The zero-order valence-corrected chi connectivity index (χ0v) is 20.6. The molecule has 0 saturated heterocycles. The Morgan fingerprint density at radius 3 is 2.71 bits per heavy atom. The molecule has 0 radical (unpaired) electrons. The number of carbonyl (C=O) groups excluding carboxylic acids is 1. The van der Waals surface area contributed by atoms with Crippen molar-refractivity contribution in [3.8, 4) is 5.75 Å². The van der Waals surface area contributed by atoms with Gasteiger partial charge in [0.25, 0.3) is 5.91 Å². The summed E-state index contributed by atoms with van der Waals surface area (Å²) in [7, 11) is 1.73. The Kier molecular flexibility index (Phi) is 7.95. The number of hydrogen-bond acceptors (Lipinski definition) is 7. The first kappa shape index (κ1) is 24.3. The molecule has 0 aliphatic heterocycles. The lowest BCUT2D eigenvalue weighted by Gasteiger charge is -2.28. The Bertz CT molecular complexity index is 1140. The number of ether oxygens (including phenoxy) is 2. The third-order valence-corrected chi connectivity index (χ3v) is 7.39. The van der Waals surface area contributed by atoms with E-state index < -0.39 is 0 Å². The van der Waals surface area contributed by atoms with E-state index in [-0.39, 0.29) is 23.9 Å².